The highest BCUT2D eigenvalue weighted by Gasteiger charge is 2.33. The molecule has 0 fully saturated rings. The number of hydrogen-bond donors (Lipinski definition) is 1. The fourth-order valence-electron chi connectivity index (χ4n) is 2.76. The molecule has 0 unspecified atom stereocenters. The number of rotatable bonds is 4. The fourth-order valence-corrected chi connectivity index (χ4v) is 3.78. The van der Waals surface area contributed by atoms with E-state index in [0.717, 1.165) is 12.3 Å². The molecule has 0 aliphatic heterocycles. The number of nitrogens with zero attached hydrogens (tertiary/aromatic N) is 5. The van der Waals surface area contributed by atoms with E-state index < -0.39 is 27.7 Å². The van der Waals surface area contributed by atoms with E-state index in [1.165, 1.54) is 49.7 Å². The van der Waals surface area contributed by atoms with E-state index in [1.54, 1.807) is 0 Å². The minimum Gasteiger partial charge on any atom is -0.331 e. The molecular weight excluding hydrogens is 437 g/mol. The van der Waals surface area contributed by atoms with Crippen molar-refractivity contribution in [3.8, 4) is 11.5 Å². The molecule has 31 heavy (non-hydrogen) atoms. The Hall–Kier alpha value is -3.22. The van der Waals surface area contributed by atoms with Gasteiger partial charge >= 0.3 is 12.2 Å². The van der Waals surface area contributed by atoms with Crippen LogP contribution >= 0.6 is 0 Å². The molecule has 3 aromatic heterocycles. The number of hydrogen-bond acceptors (Lipinski definition) is 6. The van der Waals surface area contributed by atoms with Crippen LogP contribution in [0.3, 0.4) is 0 Å². The monoisotopic (exact) mass is 456 g/mol. The zero-order chi connectivity index (χ0) is 23.1. The number of imidazole rings is 1. The number of carbonyl (C=O) groups is 1. The standard InChI is InChI=1S/C18H19F3N6O3S/c1-5-31(29,30)12-6-7-14(25-17(28)26(2)3)24-15(12)16-23-10-8-13(18(19,20)21)22-9-11(10)27(16)4/h6-9H,5H2,1-4H3,(H,24,25,28). The Morgan fingerprint density at radius 3 is 2.48 bits per heavy atom. The van der Waals surface area contributed by atoms with Crippen LogP contribution in [0.4, 0.5) is 23.8 Å². The third-order valence-electron chi connectivity index (χ3n) is 4.48. The van der Waals surface area contributed by atoms with Gasteiger partial charge in [0.15, 0.2) is 15.7 Å². The van der Waals surface area contributed by atoms with Gasteiger partial charge < -0.3 is 9.47 Å². The molecule has 0 aliphatic rings. The molecule has 0 spiro atoms. The Kier molecular flexibility index (Phi) is 5.65. The zero-order valence-electron chi connectivity index (χ0n) is 17.0. The number of amides is 2. The van der Waals surface area contributed by atoms with Crippen LogP contribution in [0.2, 0.25) is 0 Å². The molecule has 0 saturated heterocycles. The Balaban J connectivity index is 2.24. The summed E-state index contributed by atoms with van der Waals surface area (Å²) in [5, 5.41) is 2.51. The lowest BCUT2D eigenvalue weighted by Gasteiger charge is -2.14. The normalized spacial score (nSPS) is 12.2. The van der Waals surface area contributed by atoms with E-state index >= 15 is 0 Å². The van der Waals surface area contributed by atoms with Crippen LogP contribution in [0.15, 0.2) is 29.3 Å². The second-order valence-corrected chi connectivity index (χ2v) is 9.07. The summed E-state index contributed by atoms with van der Waals surface area (Å²) in [5.74, 6) is -0.150. The predicted molar refractivity (Wildman–Crippen MR) is 107 cm³/mol. The molecule has 3 rings (SSSR count). The smallest absolute Gasteiger partial charge is 0.331 e. The maximum Gasteiger partial charge on any atom is 0.433 e. The molecule has 0 atom stereocenters. The molecule has 13 heteroatoms. The molecule has 0 aromatic carbocycles. The van der Waals surface area contributed by atoms with Gasteiger partial charge in [-0.3, -0.25) is 5.32 Å². The number of anilines is 1. The zero-order valence-corrected chi connectivity index (χ0v) is 17.8. The number of urea groups is 1. The van der Waals surface area contributed by atoms with E-state index in [0.29, 0.717) is 0 Å². The van der Waals surface area contributed by atoms with Gasteiger partial charge in [-0.15, -0.1) is 0 Å². The summed E-state index contributed by atoms with van der Waals surface area (Å²) in [6, 6.07) is 2.91. The van der Waals surface area contributed by atoms with Gasteiger partial charge in [0.05, 0.1) is 27.9 Å². The number of fused-ring (bicyclic) bond motifs is 1. The maximum atomic E-state index is 13.0. The molecule has 9 nitrogen and oxygen atoms in total. The average Bonchev–Trinajstić information content (AvgIpc) is 3.03. The van der Waals surface area contributed by atoms with Gasteiger partial charge in [0.1, 0.15) is 17.2 Å². The van der Waals surface area contributed by atoms with Crippen molar-refractivity contribution in [2.45, 2.75) is 18.0 Å². The molecule has 0 radical (unpaired) electrons. The van der Waals surface area contributed by atoms with Gasteiger partial charge in [-0.05, 0) is 18.2 Å². The fraction of sp³-hybridized carbons (Fsp3) is 0.333. The van der Waals surface area contributed by atoms with Gasteiger partial charge in [-0.1, -0.05) is 6.92 Å². The molecule has 166 valence electrons. The average molecular weight is 456 g/mol. The minimum atomic E-state index is -4.66. The summed E-state index contributed by atoms with van der Waals surface area (Å²) in [7, 11) is 0.783. The molecule has 0 aliphatic carbocycles. The van der Waals surface area contributed by atoms with Crippen molar-refractivity contribution < 1.29 is 26.4 Å². The van der Waals surface area contributed by atoms with E-state index in [4.69, 9.17) is 0 Å². The Morgan fingerprint density at radius 1 is 1.23 bits per heavy atom. The van der Waals surface area contributed by atoms with Crippen molar-refractivity contribution in [2.75, 3.05) is 25.2 Å². The molecule has 0 saturated carbocycles. The number of pyridine rings is 2. The van der Waals surface area contributed by atoms with E-state index in [2.05, 4.69) is 20.3 Å². The van der Waals surface area contributed by atoms with Crippen molar-refractivity contribution in [3.63, 3.8) is 0 Å². The highest BCUT2D eigenvalue weighted by Crippen LogP contribution is 2.32. The molecule has 3 heterocycles. The summed E-state index contributed by atoms with van der Waals surface area (Å²) in [4.78, 5) is 24.9. The van der Waals surface area contributed by atoms with Crippen LogP contribution in [0.5, 0.6) is 0 Å². The van der Waals surface area contributed by atoms with E-state index in [1.807, 2.05) is 0 Å². The molecule has 0 bridgehead atoms. The molecular formula is C18H19F3N6O3S. The second kappa shape index (κ2) is 7.80. The number of sulfone groups is 1. The first-order valence-corrected chi connectivity index (χ1v) is 10.6. The first kappa shape index (κ1) is 22.5. The molecule has 2 amide bonds. The number of carbonyl (C=O) groups excluding carboxylic acids is 1. The largest absolute Gasteiger partial charge is 0.433 e. The summed E-state index contributed by atoms with van der Waals surface area (Å²) in [5.41, 5.74) is -0.978. The van der Waals surface area contributed by atoms with Gasteiger partial charge in [-0.25, -0.2) is 28.2 Å². The van der Waals surface area contributed by atoms with Gasteiger partial charge in [-0.2, -0.15) is 13.2 Å². The Bertz CT molecular complexity index is 1270. The van der Waals surface area contributed by atoms with Crippen molar-refractivity contribution in [1.82, 2.24) is 24.4 Å². The summed E-state index contributed by atoms with van der Waals surface area (Å²) < 4.78 is 65.7. The SMILES string of the molecule is CCS(=O)(=O)c1ccc(NC(=O)N(C)C)nc1-c1nc2cc(C(F)(F)F)ncc2n1C. The first-order chi connectivity index (χ1) is 14.3. The van der Waals surface area contributed by atoms with Crippen molar-refractivity contribution >= 4 is 32.7 Å². The summed E-state index contributed by atoms with van der Waals surface area (Å²) in [6.07, 6.45) is -3.64. The number of aryl methyl sites for hydroxylation is 1. The summed E-state index contributed by atoms with van der Waals surface area (Å²) >= 11 is 0. The predicted octanol–water partition coefficient (Wildman–Crippen LogP) is 2.94. The lowest BCUT2D eigenvalue weighted by atomic mass is 10.3. The molecule has 1 N–H and O–H groups in total. The third kappa shape index (κ3) is 4.31. The van der Waals surface area contributed by atoms with Gasteiger partial charge in [0.2, 0.25) is 0 Å². The topological polar surface area (TPSA) is 110 Å². The van der Waals surface area contributed by atoms with E-state index in [9.17, 15) is 26.4 Å². The number of halogens is 3. The van der Waals surface area contributed by atoms with Crippen LogP contribution in [0.1, 0.15) is 12.6 Å². The maximum absolute atomic E-state index is 13.0. The van der Waals surface area contributed by atoms with Crippen LogP contribution in [0.25, 0.3) is 22.6 Å². The van der Waals surface area contributed by atoms with Crippen LogP contribution in [-0.2, 0) is 23.1 Å². The van der Waals surface area contributed by atoms with Crippen molar-refractivity contribution in [2.24, 2.45) is 7.05 Å². The lowest BCUT2D eigenvalue weighted by Crippen LogP contribution is -2.27. The van der Waals surface area contributed by atoms with Crippen molar-refractivity contribution in [1.29, 1.82) is 0 Å². The molecule has 3 aromatic rings. The van der Waals surface area contributed by atoms with Crippen LogP contribution in [0, 0.1) is 0 Å². The summed E-state index contributed by atoms with van der Waals surface area (Å²) in [6.45, 7) is 1.45. The highest BCUT2D eigenvalue weighted by molar-refractivity contribution is 7.91. The highest BCUT2D eigenvalue weighted by atomic mass is 32.2. The number of nitrogens with one attached hydrogen (secondary N) is 1. The minimum absolute atomic E-state index is 0.0177. The first-order valence-electron chi connectivity index (χ1n) is 8.97. The van der Waals surface area contributed by atoms with E-state index in [-0.39, 0.29) is 39.0 Å². The third-order valence-corrected chi connectivity index (χ3v) is 6.24. The van der Waals surface area contributed by atoms with Crippen LogP contribution in [-0.4, -0.2) is 58.7 Å². The van der Waals surface area contributed by atoms with Crippen molar-refractivity contribution in [3.05, 3.63) is 30.1 Å². The lowest BCUT2D eigenvalue weighted by molar-refractivity contribution is -0.141. The number of alkyl halides is 3. The number of aromatic nitrogens is 4. The Morgan fingerprint density at radius 2 is 1.90 bits per heavy atom. The van der Waals surface area contributed by atoms with Crippen LogP contribution < -0.4 is 5.32 Å². The quantitative estimate of drug-likeness (QED) is 0.646. The Labute approximate surface area is 175 Å². The second-order valence-electron chi connectivity index (χ2n) is 6.82. The van der Waals surface area contributed by atoms with Gasteiger partial charge in [0, 0.05) is 21.1 Å². The van der Waals surface area contributed by atoms with Gasteiger partial charge in [0.25, 0.3) is 0 Å².